The first-order valence-corrected chi connectivity index (χ1v) is 9.29. The third-order valence-corrected chi connectivity index (χ3v) is 4.91. The van der Waals surface area contributed by atoms with Gasteiger partial charge in [0, 0.05) is 0 Å². The summed E-state index contributed by atoms with van der Waals surface area (Å²) in [7, 11) is 0. The van der Waals surface area contributed by atoms with Gasteiger partial charge in [0.1, 0.15) is 0 Å². The molecule has 0 aliphatic rings. The number of nitrogens with one attached hydrogen (secondary N) is 1. The molecule has 2 nitrogen and oxygen atoms in total. The Hall–Kier alpha value is -1.74. The first-order valence-electron chi connectivity index (χ1n) is 8.13. The number of hydrogen-bond donors (Lipinski definition) is 1. The Morgan fingerprint density at radius 2 is 1.78 bits per heavy atom. The predicted octanol–water partition coefficient (Wildman–Crippen LogP) is 4.54. The van der Waals surface area contributed by atoms with E-state index in [1.165, 1.54) is 16.7 Å². The molecule has 2 aromatic carbocycles. The Bertz CT molecular complexity index is 612. The zero-order chi connectivity index (χ0) is 16.5. The summed E-state index contributed by atoms with van der Waals surface area (Å²) in [6, 6.07) is 18.8. The number of hydrogen-bond acceptors (Lipinski definition) is 2. The zero-order valence-corrected chi connectivity index (χ0v) is 14.7. The minimum absolute atomic E-state index is 0.0635. The van der Waals surface area contributed by atoms with Crippen LogP contribution in [0.5, 0.6) is 0 Å². The highest BCUT2D eigenvalue weighted by atomic mass is 32.2. The lowest BCUT2D eigenvalue weighted by atomic mass is 10.0. The molecule has 1 atom stereocenters. The minimum Gasteiger partial charge on any atom is -0.349 e. The molecule has 0 saturated carbocycles. The number of aryl methyl sites for hydroxylation is 2. The standard InChI is InChI=1S/C20H25NOS/c1-16-9-6-7-13-19(16)17(2)21-20(22)15-23-14-8-12-18-10-4-3-5-11-18/h3-7,9-11,13,17H,8,12,14-15H2,1-2H3,(H,21,22)/t17-/m1/s1. The van der Waals surface area contributed by atoms with Gasteiger partial charge in [-0.15, -0.1) is 0 Å². The first-order chi connectivity index (χ1) is 11.2. The van der Waals surface area contributed by atoms with Crippen molar-refractivity contribution in [3.05, 3.63) is 71.3 Å². The number of thioether (sulfide) groups is 1. The molecule has 0 aliphatic heterocycles. The summed E-state index contributed by atoms with van der Waals surface area (Å²) in [5.74, 6) is 1.66. The number of benzene rings is 2. The molecule has 0 aromatic heterocycles. The van der Waals surface area contributed by atoms with Crippen LogP contribution in [0.4, 0.5) is 0 Å². The molecule has 0 aliphatic carbocycles. The van der Waals surface area contributed by atoms with Gasteiger partial charge < -0.3 is 5.32 Å². The Balaban J connectivity index is 1.64. The van der Waals surface area contributed by atoms with Crippen LogP contribution in [0.25, 0.3) is 0 Å². The van der Waals surface area contributed by atoms with E-state index >= 15 is 0 Å². The van der Waals surface area contributed by atoms with Gasteiger partial charge >= 0.3 is 0 Å². The molecular weight excluding hydrogens is 302 g/mol. The summed E-state index contributed by atoms with van der Waals surface area (Å²) in [6.07, 6.45) is 2.18. The van der Waals surface area contributed by atoms with Crippen molar-refractivity contribution in [1.82, 2.24) is 5.32 Å². The molecule has 122 valence electrons. The average molecular weight is 327 g/mol. The van der Waals surface area contributed by atoms with Crippen LogP contribution in [0.3, 0.4) is 0 Å². The van der Waals surface area contributed by atoms with E-state index in [1.807, 2.05) is 25.1 Å². The van der Waals surface area contributed by atoms with Crippen LogP contribution in [-0.2, 0) is 11.2 Å². The van der Waals surface area contributed by atoms with Crippen molar-refractivity contribution in [2.24, 2.45) is 0 Å². The molecule has 0 bridgehead atoms. The van der Waals surface area contributed by atoms with E-state index in [0.717, 1.165) is 18.6 Å². The molecule has 0 fully saturated rings. The second-order valence-corrected chi connectivity index (χ2v) is 6.89. The van der Waals surface area contributed by atoms with Crippen molar-refractivity contribution in [1.29, 1.82) is 0 Å². The van der Waals surface area contributed by atoms with Crippen molar-refractivity contribution in [2.75, 3.05) is 11.5 Å². The van der Waals surface area contributed by atoms with Crippen LogP contribution < -0.4 is 5.32 Å². The summed E-state index contributed by atoms with van der Waals surface area (Å²) in [6.45, 7) is 4.12. The highest BCUT2D eigenvalue weighted by Gasteiger charge is 2.11. The lowest BCUT2D eigenvalue weighted by Gasteiger charge is -2.16. The summed E-state index contributed by atoms with van der Waals surface area (Å²) in [5, 5.41) is 3.09. The molecule has 0 spiro atoms. The lowest BCUT2D eigenvalue weighted by Crippen LogP contribution is -2.28. The fourth-order valence-electron chi connectivity index (χ4n) is 2.62. The number of carbonyl (C=O) groups is 1. The van der Waals surface area contributed by atoms with Gasteiger partial charge in [0.2, 0.25) is 5.91 Å². The Morgan fingerprint density at radius 3 is 2.52 bits per heavy atom. The van der Waals surface area contributed by atoms with Gasteiger partial charge in [-0.1, -0.05) is 54.6 Å². The van der Waals surface area contributed by atoms with Crippen molar-refractivity contribution in [3.63, 3.8) is 0 Å². The maximum absolute atomic E-state index is 12.0. The van der Waals surface area contributed by atoms with Crippen LogP contribution in [-0.4, -0.2) is 17.4 Å². The van der Waals surface area contributed by atoms with E-state index in [2.05, 4.69) is 48.6 Å². The van der Waals surface area contributed by atoms with E-state index in [4.69, 9.17) is 0 Å². The Morgan fingerprint density at radius 1 is 1.09 bits per heavy atom. The summed E-state index contributed by atoms with van der Waals surface area (Å²) in [5.41, 5.74) is 3.77. The lowest BCUT2D eigenvalue weighted by molar-refractivity contribution is -0.119. The molecular formula is C20H25NOS. The quantitative estimate of drug-likeness (QED) is 0.721. The molecule has 2 aromatic rings. The third-order valence-electron chi connectivity index (χ3n) is 3.86. The van der Waals surface area contributed by atoms with Crippen LogP contribution in [0.1, 0.15) is 36.1 Å². The average Bonchev–Trinajstić information content (AvgIpc) is 2.56. The maximum atomic E-state index is 12.0. The molecule has 2 rings (SSSR count). The number of rotatable bonds is 8. The van der Waals surface area contributed by atoms with Crippen molar-refractivity contribution < 1.29 is 4.79 Å². The SMILES string of the molecule is Cc1ccccc1[C@@H](C)NC(=O)CSCCCc1ccccc1. The van der Waals surface area contributed by atoms with Crippen LogP contribution in [0, 0.1) is 6.92 Å². The Kier molecular flexibility index (Phi) is 7.21. The van der Waals surface area contributed by atoms with E-state index in [1.54, 1.807) is 11.8 Å². The van der Waals surface area contributed by atoms with Crippen LogP contribution >= 0.6 is 11.8 Å². The smallest absolute Gasteiger partial charge is 0.230 e. The fraction of sp³-hybridized carbons (Fsp3) is 0.350. The van der Waals surface area contributed by atoms with Gasteiger partial charge in [0.25, 0.3) is 0 Å². The third kappa shape index (κ3) is 6.11. The van der Waals surface area contributed by atoms with Crippen molar-refractivity contribution in [2.45, 2.75) is 32.7 Å². The van der Waals surface area contributed by atoms with Crippen molar-refractivity contribution in [3.8, 4) is 0 Å². The number of carbonyl (C=O) groups excluding carboxylic acids is 1. The molecule has 23 heavy (non-hydrogen) atoms. The van der Waals surface area contributed by atoms with Gasteiger partial charge in [0.15, 0.2) is 0 Å². The topological polar surface area (TPSA) is 29.1 Å². The first kappa shape index (κ1) is 17.6. The molecule has 0 unspecified atom stereocenters. The monoisotopic (exact) mass is 327 g/mol. The van der Waals surface area contributed by atoms with Crippen molar-refractivity contribution >= 4 is 17.7 Å². The number of amides is 1. The molecule has 0 heterocycles. The summed E-state index contributed by atoms with van der Waals surface area (Å²) < 4.78 is 0. The normalized spacial score (nSPS) is 11.9. The van der Waals surface area contributed by atoms with Gasteiger partial charge in [-0.05, 0) is 49.1 Å². The van der Waals surface area contributed by atoms with Gasteiger partial charge in [0.05, 0.1) is 11.8 Å². The van der Waals surface area contributed by atoms with Crippen LogP contribution in [0.2, 0.25) is 0 Å². The molecule has 0 radical (unpaired) electrons. The second-order valence-electron chi connectivity index (χ2n) is 5.79. The molecule has 3 heteroatoms. The largest absolute Gasteiger partial charge is 0.349 e. The molecule has 1 N–H and O–H groups in total. The summed E-state index contributed by atoms with van der Waals surface area (Å²) in [4.78, 5) is 12.0. The molecule has 0 saturated heterocycles. The van der Waals surface area contributed by atoms with Gasteiger partial charge in [-0.25, -0.2) is 0 Å². The zero-order valence-electron chi connectivity index (χ0n) is 13.9. The van der Waals surface area contributed by atoms with E-state index < -0.39 is 0 Å². The maximum Gasteiger partial charge on any atom is 0.230 e. The minimum atomic E-state index is 0.0635. The fourth-order valence-corrected chi connectivity index (χ4v) is 3.38. The molecule has 1 amide bonds. The van der Waals surface area contributed by atoms with E-state index in [0.29, 0.717) is 5.75 Å². The second kappa shape index (κ2) is 9.41. The Labute approximate surface area is 143 Å². The van der Waals surface area contributed by atoms with Crippen LogP contribution in [0.15, 0.2) is 54.6 Å². The predicted molar refractivity (Wildman–Crippen MR) is 99.8 cm³/mol. The summed E-state index contributed by atoms with van der Waals surface area (Å²) >= 11 is 1.71. The van der Waals surface area contributed by atoms with Gasteiger partial charge in [-0.2, -0.15) is 11.8 Å². The van der Waals surface area contributed by atoms with E-state index in [9.17, 15) is 4.79 Å². The highest BCUT2D eigenvalue weighted by molar-refractivity contribution is 7.99. The van der Waals surface area contributed by atoms with E-state index in [-0.39, 0.29) is 11.9 Å². The van der Waals surface area contributed by atoms with Gasteiger partial charge in [-0.3, -0.25) is 4.79 Å². The highest BCUT2D eigenvalue weighted by Crippen LogP contribution is 2.17.